The van der Waals surface area contributed by atoms with Crippen LogP contribution in [0.25, 0.3) is 0 Å². The second-order valence-corrected chi connectivity index (χ2v) is 0. The molecule has 0 aliphatic heterocycles. The van der Waals surface area contributed by atoms with Gasteiger partial charge in [0.15, 0.2) is 0 Å². The summed E-state index contributed by atoms with van der Waals surface area (Å²) in [5, 5.41) is 0. The predicted octanol–water partition coefficient (Wildman–Crippen LogP) is -2.31. The van der Waals surface area contributed by atoms with Gasteiger partial charge in [-0.15, -0.1) is 12.4 Å². The third kappa shape index (κ3) is 8.82. The van der Waals surface area contributed by atoms with Crippen molar-refractivity contribution in [1.29, 1.82) is 0 Å². The van der Waals surface area contributed by atoms with E-state index in [1.54, 1.807) is 0 Å². The molecule has 0 aromatic heterocycles. The minimum absolute atomic E-state index is 0. The van der Waals surface area contributed by atoms with E-state index in [9.17, 15) is 0 Å². The molecule has 0 saturated carbocycles. The number of hydrogen-bond acceptors (Lipinski definition) is 0. The molecule has 0 aliphatic carbocycles. The average Bonchev–Trinajstić information content (AvgIpc) is 0. The fourth-order valence-corrected chi connectivity index (χ4v) is 0. The second-order valence-electron chi connectivity index (χ2n) is 0. The summed E-state index contributed by atoms with van der Waals surface area (Å²) in [4.78, 5) is 0. The zero-order valence-electron chi connectivity index (χ0n) is 3.52. The summed E-state index contributed by atoms with van der Waals surface area (Å²) < 4.78 is 0. The van der Waals surface area contributed by atoms with Gasteiger partial charge < -0.3 is 1.43 Å². The quantitative estimate of drug-likeness (QED) is 0.351. The van der Waals surface area contributed by atoms with Crippen molar-refractivity contribution in [2.75, 3.05) is 0 Å². The number of rotatable bonds is 0. The van der Waals surface area contributed by atoms with Gasteiger partial charge in [-0.1, -0.05) is 0 Å². The van der Waals surface area contributed by atoms with Crippen molar-refractivity contribution < 1.29 is 77.0 Å². The maximum atomic E-state index is 0. The van der Waals surface area contributed by atoms with Crippen LogP contribution in [-0.4, -0.2) is 0 Å². The van der Waals surface area contributed by atoms with E-state index >= 15 is 0 Å². The molecule has 0 radical (unpaired) electrons. The molecule has 0 nitrogen and oxygen atoms in total. The molecule has 0 spiro atoms. The van der Waals surface area contributed by atoms with E-state index in [2.05, 4.69) is 0 Å². The van der Waals surface area contributed by atoms with E-state index < -0.39 is 0 Å². The Morgan fingerprint density at radius 1 is 1.25 bits per heavy atom. The van der Waals surface area contributed by atoms with Gasteiger partial charge in [0.1, 0.15) is 0 Å². The molecule has 0 bridgehead atoms. The van der Waals surface area contributed by atoms with Crippen LogP contribution >= 0.6 is 12.4 Å². The monoisotopic (exact) mass is 160 g/mol. The summed E-state index contributed by atoms with van der Waals surface area (Å²) in [6, 6.07) is 0. The molecule has 0 heterocycles. The normalized spacial score (nSPS) is 0. The third-order valence-electron chi connectivity index (χ3n) is 0. The van der Waals surface area contributed by atoms with Crippen molar-refractivity contribution >= 4 is 12.4 Å². The van der Waals surface area contributed by atoms with Crippen molar-refractivity contribution in [2.45, 2.75) is 0 Å². The Balaban J connectivity index is 0. The summed E-state index contributed by atoms with van der Waals surface area (Å²) in [5.41, 5.74) is 0. The smallest absolute Gasteiger partial charge is 1.00 e. The van der Waals surface area contributed by atoms with E-state index in [1.807, 2.05) is 0 Å². The molecular weight excluding hydrogens is 159 g/mol. The fraction of sp³-hybridized carbons (Fsp3) is 0. The van der Waals surface area contributed by atoms with E-state index in [1.165, 1.54) is 0 Å². The Morgan fingerprint density at radius 3 is 1.25 bits per heavy atom. The first-order valence-corrected chi connectivity index (χ1v) is 0. The first-order valence-electron chi connectivity index (χ1n) is 0. The van der Waals surface area contributed by atoms with Crippen molar-refractivity contribution in [3.8, 4) is 0 Å². The molecule has 0 fully saturated rings. The summed E-state index contributed by atoms with van der Waals surface area (Å²) in [6.45, 7) is 0. The number of hydrogen-bond donors (Lipinski definition) is 0. The van der Waals surface area contributed by atoms with Crippen molar-refractivity contribution in [3.05, 3.63) is 0 Å². The third-order valence-corrected chi connectivity index (χ3v) is 0. The van der Waals surface area contributed by atoms with Gasteiger partial charge in [-0.2, -0.15) is 0 Å². The second kappa shape index (κ2) is 17.9. The molecule has 0 aromatic rings. The molecule has 0 rings (SSSR count). The molecular formula is H3ClFKZn. The molecule has 0 amide bonds. The van der Waals surface area contributed by atoms with E-state index in [4.69, 9.17) is 0 Å². The van der Waals surface area contributed by atoms with Gasteiger partial charge in [0.25, 0.3) is 0 Å². The standard InChI is InChI=1S/ClH.FH.K.Zn.H/h2*1H;;;/q;;+1;;-1. The number of halogens is 2. The molecule has 0 aromatic carbocycles. The van der Waals surface area contributed by atoms with E-state index in [-0.39, 0.29) is 89.4 Å². The molecule has 4 heteroatoms. The topological polar surface area (TPSA) is 0 Å². The molecule has 20 valence electrons. The zero-order valence-corrected chi connectivity index (χ0v) is 9.43. The van der Waals surface area contributed by atoms with Crippen LogP contribution in [0.2, 0.25) is 0 Å². The maximum Gasteiger partial charge on any atom is 1.00 e. The van der Waals surface area contributed by atoms with Crippen LogP contribution in [0.15, 0.2) is 0 Å². The summed E-state index contributed by atoms with van der Waals surface area (Å²) in [5.74, 6) is 0. The Hall–Kier alpha value is 2.48. The summed E-state index contributed by atoms with van der Waals surface area (Å²) >= 11 is 0. The zero-order chi connectivity index (χ0) is 0. The van der Waals surface area contributed by atoms with Crippen molar-refractivity contribution in [1.82, 2.24) is 0 Å². The van der Waals surface area contributed by atoms with Crippen molar-refractivity contribution in [2.24, 2.45) is 0 Å². The molecule has 0 aliphatic rings. The SMILES string of the molecule is Cl.F.[H-].[K+].[Zn]. The molecule has 0 saturated heterocycles. The van der Waals surface area contributed by atoms with Gasteiger partial charge >= 0.3 is 51.4 Å². The van der Waals surface area contributed by atoms with Crippen LogP contribution in [0.3, 0.4) is 0 Å². The van der Waals surface area contributed by atoms with E-state index in [0.717, 1.165) is 0 Å². The van der Waals surface area contributed by atoms with Crippen LogP contribution in [0.4, 0.5) is 4.70 Å². The van der Waals surface area contributed by atoms with Crippen LogP contribution in [-0.2, 0) is 19.5 Å². The first kappa shape index (κ1) is 31.6. The van der Waals surface area contributed by atoms with Crippen LogP contribution in [0.1, 0.15) is 1.43 Å². The Kier molecular flexibility index (Phi) is 141. The van der Waals surface area contributed by atoms with Gasteiger partial charge in [0, 0.05) is 19.5 Å². The minimum atomic E-state index is 0. The minimum Gasteiger partial charge on any atom is -1.00 e. The molecule has 0 N–H and O–H groups in total. The average molecular weight is 162 g/mol. The van der Waals surface area contributed by atoms with Crippen LogP contribution in [0.5, 0.6) is 0 Å². The Labute approximate surface area is 87.5 Å². The molecule has 0 unspecified atom stereocenters. The molecule has 0 atom stereocenters. The van der Waals surface area contributed by atoms with Gasteiger partial charge in [-0.05, 0) is 0 Å². The summed E-state index contributed by atoms with van der Waals surface area (Å²) in [7, 11) is 0. The van der Waals surface area contributed by atoms with Gasteiger partial charge in [-0.3, -0.25) is 4.70 Å². The van der Waals surface area contributed by atoms with Crippen LogP contribution < -0.4 is 51.4 Å². The van der Waals surface area contributed by atoms with Gasteiger partial charge in [-0.25, -0.2) is 0 Å². The van der Waals surface area contributed by atoms with Gasteiger partial charge in [0.05, 0.1) is 0 Å². The Morgan fingerprint density at radius 2 is 1.25 bits per heavy atom. The Bertz CT molecular complexity index is 11.6. The van der Waals surface area contributed by atoms with Gasteiger partial charge in [0.2, 0.25) is 0 Å². The van der Waals surface area contributed by atoms with E-state index in [0.29, 0.717) is 0 Å². The van der Waals surface area contributed by atoms with Crippen LogP contribution in [0, 0.1) is 0 Å². The van der Waals surface area contributed by atoms with Crippen molar-refractivity contribution in [3.63, 3.8) is 0 Å². The maximum absolute atomic E-state index is 0. The summed E-state index contributed by atoms with van der Waals surface area (Å²) in [6.07, 6.45) is 0. The first-order chi connectivity index (χ1) is 0. The predicted molar refractivity (Wildman–Crippen MR) is 10.9 cm³/mol. The largest absolute Gasteiger partial charge is 1.00 e. The molecule has 4 heavy (non-hydrogen) atoms. The fourth-order valence-electron chi connectivity index (χ4n) is 0.